The monoisotopic (exact) mass is 451 g/mol. The van der Waals surface area contributed by atoms with Crippen LogP contribution in [0.25, 0.3) is 5.69 Å². The fraction of sp³-hybridized carbons (Fsp3) is 0.174. The Kier molecular flexibility index (Phi) is 5.42. The first-order valence-electron chi connectivity index (χ1n) is 9.93. The van der Waals surface area contributed by atoms with Crippen molar-refractivity contribution in [3.05, 3.63) is 96.9 Å². The second-order valence-electron chi connectivity index (χ2n) is 7.51. The maximum Gasteiger partial charge on any atom is 0.361 e. The number of H-pyrrole nitrogens is 2. The highest BCUT2D eigenvalue weighted by molar-refractivity contribution is 5.88. The number of ether oxygens (including phenoxy) is 1. The molecule has 1 unspecified atom stereocenters. The Morgan fingerprint density at radius 2 is 1.82 bits per heavy atom. The first kappa shape index (κ1) is 21.8. The maximum atomic E-state index is 13.6. The number of carbonyl (C=O) groups is 1. The predicted octanol–water partition coefficient (Wildman–Crippen LogP) is 2.66. The SMILES string of the molecule is COc1cccc(C(c2c(C)[nH]oc2=O)c2c(C)[nH]n(-c3cccc(C(=O)O)c3)c2=O)c1O. The second kappa shape index (κ2) is 8.23. The molecule has 4 rings (SSSR count). The number of hydrogen-bond donors (Lipinski definition) is 4. The number of carboxylic acid groups (broad SMARTS) is 1. The average molecular weight is 451 g/mol. The number of rotatable bonds is 6. The van der Waals surface area contributed by atoms with Gasteiger partial charge in [-0.1, -0.05) is 18.2 Å². The third-order valence-corrected chi connectivity index (χ3v) is 5.53. The molecule has 2 aromatic heterocycles. The molecule has 4 aromatic rings. The van der Waals surface area contributed by atoms with E-state index in [4.69, 9.17) is 9.26 Å². The van der Waals surface area contributed by atoms with Crippen LogP contribution in [0, 0.1) is 13.8 Å². The normalized spacial score (nSPS) is 12.0. The minimum Gasteiger partial charge on any atom is -0.504 e. The first-order chi connectivity index (χ1) is 15.7. The van der Waals surface area contributed by atoms with Crippen molar-refractivity contribution >= 4 is 5.97 Å². The van der Waals surface area contributed by atoms with Crippen molar-refractivity contribution in [1.29, 1.82) is 0 Å². The molecule has 10 nitrogen and oxygen atoms in total. The molecular weight excluding hydrogens is 430 g/mol. The van der Waals surface area contributed by atoms with Crippen LogP contribution in [0.4, 0.5) is 0 Å². The van der Waals surface area contributed by atoms with Gasteiger partial charge in [0.25, 0.3) is 5.56 Å². The Morgan fingerprint density at radius 3 is 2.45 bits per heavy atom. The lowest BCUT2D eigenvalue weighted by Crippen LogP contribution is -2.23. The second-order valence-corrected chi connectivity index (χ2v) is 7.51. The first-order valence-corrected chi connectivity index (χ1v) is 9.93. The van der Waals surface area contributed by atoms with Gasteiger partial charge in [0.15, 0.2) is 11.5 Å². The molecule has 0 aliphatic carbocycles. The fourth-order valence-corrected chi connectivity index (χ4v) is 3.97. The van der Waals surface area contributed by atoms with Gasteiger partial charge in [-0.2, -0.15) is 0 Å². The van der Waals surface area contributed by atoms with E-state index in [9.17, 15) is 24.6 Å². The highest BCUT2D eigenvalue weighted by Gasteiger charge is 2.33. The Bertz CT molecular complexity index is 1470. The molecule has 0 amide bonds. The van der Waals surface area contributed by atoms with E-state index >= 15 is 0 Å². The number of nitrogens with one attached hydrogen (secondary N) is 2. The standard InChI is InChI=1S/C23H21N3O7/c1-11-17(21(28)26(24-11)14-7-4-6-13(10-14)22(29)30)19(18-12(2)25-33-23(18)31)15-8-5-9-16(32-3)20(15)27/h4-10,19,24-25,27H,1-3H3,(H,29,30). The number of aromatic carboxylic acids is 1. The number of hydrogen-bond acceptors (Lipinski definition) is 6. The van der Waals surface area contributed by atoms with Crippen LogP contribution in [-0.2, 0) is 0 Å². The van der Waals surface area contributed by atoms with Crippen LogP contribution in [0.1, 0.15) is 44.4 Å². The minimum atomic E-state index is -1.13. The summed E-state index contributed by atoms with van der Waals surface area (Å²) in [5.74, 6) is -2.16. The van der Waals surface area contributed by atoms with Gasteiger partial charge in [0.05, 0.1) is 41.1 Å². The van der Waals surface area contributed by atoms with Gasteiger partial charge < -0.3 is 19.5 Å². The summed E-state index contributed by atoms with van der Waals surface area (Å²) in [6.45, 7) is 3.28. The molecule has 0 aliphatic heterocycles. The number of para-hydroxylation sites is 1. The van der Waals surface area contributed by atoms with Crippen LogP contribution in [0.3, 0.4) is 0 Å². The third-order valence-electron chi connectivity index (χ3n) is 5.53. The van der Waals surface area contributed by atoms with Crippen molar-refractivity contribution < 1.29 is 24.3 Å². The zero-order chi connectivity index (χ0) is 23.9. The van der Waals surface area contributed by atoms with E-state index in [2.05, 4.69) is 10.3 Å². The van der Waals surface area contributed by atoms with E-state index in [0.717, 1.165) is 0 Å². The van der Waals surface area contributed by atoms with E-state index in [1.807, 2.05) is 0 Å². The quantitative estimate of drug-likeness (QED) is 0.352. The van der Waals surface area contributed by atoms with Gasteiger partial charge in [-0.15, -0.1) is 0 Å². The van der Waals surface area contributed by atoms with E-state index in [1.54, 1.807) is 38.1 Å². The molecule has 0 radical (unpaired) electrons. The molecule has 2 aromatic carbocycles. The fourth-order valence-electron chi connectivity index (χ4n) is 3.97. The maximum absolute atomic E-state index is 13.6. The molecule has 10 heteroatoms. The molecule has 0 saturated carbocycles. The summed E-state index contributed by atoms with van der Waals surface area (Å²) >= 11 is 0. The summed E-state index contributed by atoms with van der Waals surface area (Å²) in [5.41, 5.74) is 0.562. The molecule has 0 fully saturated rings. The number of nitrogens with zero attached hydrogens (tertiary/aromatic N) is 1. The van der Waals surface area contributed by atoms with Crippen LogP contribution in [-0.4, -0.2) is 38.2 Å². The number of methoxy groups -OCH3 is 1. The number of aryl methyl sites for hydroxylation is 2. The third kappa shape index (κ3) is 3.61. The van der Waals surface area contributed by atoms with Crippen molar-refractivity contribution in [2.75, 3.05) is 7.11 Å². The zero-order valence-electron chi connectivity index (χ0n) is 18.0. The van der Waals surface area contributed by atoms with Crippen molar-refractivity contribution in [3.63, 3.8) is 0 Å². The van der Waals surface area contributed by atoms with Gasteiger partial charge >= 0.3 is 11.6 Å². The van der Waals surface area contributed by atoms with Crippen molar-refractivity contribution in [2.45, 2.75) is 19.8 Å². The Morgan fingerprint density at radius 1 is 1.09 bits per heavy atom. The van der Waals surface area contributed by atoms with Crippen molar-refractivity contribution in [3.8, 4) is 17.2 Å². The van der Waals surface area contributed by atoms with Gasteiger partial charge in [-0.05, 0) is 38.1 Å². The summed E-state index contributed by atoms with van der Waals surface area (Å²) in [6, 6.07) is 10.7. The molecule has 0 spiro atoms. The van der Waals surface area contributed by atoms with Crippen molar-refractivity contribution in [1.82, 2.24) is 14.9 Å². The lowest BCUT2D eigenvalue weighted by atomic mass is 9.84. The van der Waals surface area contributed by atoms with E-state index in [1.165, 1.54) is 30.0 Å². The molecule has 1 atom stereocenters. The predicted molar refractivity (Wildman–Crippen MR) is 118 cm³/mol. The van der Waals surface area contributed by atoms with Crippen LogP contribution in [0.5, 0.6) is 11.5 Å². The number of benzene rings is 2. The Balaban J connectivity index is 2.01. The number of aromatic hydroxyl groups is 1. The summed E-state index contributed by atoms with van der Waals surface area (Å²) in [7, 11) is 1.40. The van der Waals surface area contributed by atoms with E-state index in [0.29, 0.717) is 17.1 Å². The number of carboxylic acids is 1. The molecule has 0 aliphatic rings. The highest BCUT2D eigenvalue weighted by atomic mass is 16.5. The molecule has 0 saturated heterocycles. The molecule has 4 N–H and O–H groups in total. The number of phenolic OH excluding ortho intramolecular Hbond substituents is 1. The van der Waals surface area contributed by atoms with Crippen LogP contribution in [0.2, 0.25) is 0 Å². The molecule has 0 bridgehead atoms. The number of aromatic nitrogens is 3. The molecule has 2 heterocycles. The summed E-state index contributed by atoms with van der Waals surface area (Å²) in [4.78, 5) is 37.6. The molecule has 33 heavy (non-hydrogen) atoms. The highest BCUT2D eigenvalue weighted by Crippen LogP contribution is 2.40. The van der Waals surface area contributed by atoms with E-state index < -0.39 is 23.1 Å². The summed E-state index contributed by atoms with van der Waals surface area (Å²) in [6.07, 6.45) is 0. The summed E-state index contributed by atoms with van der Waals surface area (Å²) in [5, 5.41) is 25.6. The van der Waals surface area contributed by atoms with Crippen LogP contribution < -0.4 is 15.9 Å². The smallest absolute Gasteiger partial charge is 0.361 e. The molecular formula is C23H21N3O7. The summed E-state index contributed by atoms with van der Waals surface area (Å²) < 4.78 is 11.4. The largest absolute Gasteiger partial charge is 0.504 e. The Labute approximate surface area is 186 Å². The van der Waals surface area contributed by atoms with Gasteiger partial charge in [-0.25, -0.2) is 19.4 Å². The molecule has 170 valence electrons. The lowest BCUT2D eigenvalue weighted by molar-refractivity contribution is 0.0697. The lowest BCUT2D eigenvalue weighted by Gasteiger charge is -2.18. The van der Waals surface area contributed by atoms with Crippen LogP contribution in [0.15, 0.2) is 56.6 Å². The number of aromatic amines is 2. The van der Waals surface area contributed by atoms with Crippen molar-refractivity contribution in [2.24, 2.45) is 0 Å². The topological polar surface area (TPSA) is 151 Å². The number of phenols is 1. The van der Waals surface area contributed by atoms with Gasteiger partial charge in [0.2, 0.25) is 0 Å². The van der Waals surface area contributed by atoms with E-state index in [-0.39, 0.29) is 33.8 Å². The van der Waals surface area contributed by atoms with Gasteiger partial charge in [0, 0.05) is 11.3 Å². The van der Waals surface area contributed by atoms with Gasteiger partial charge in [0.1, 0.15) is 0 Å². The zero-order valence-corrected chi connectivity index (χ0v) is 18.0. The average Bonchev–Trinajstić information content (AvgIpc) is 3.28. The minimum absolute atomic E-state index is 0.0114. The van der Waals surface area contributed by atoms with Crippen LogP contribution >= 0.6 is 0 Å². The van der Waals surface area contributed by atoms with Gasteiger partial charge in [-0.3, -0.25) is 9.89 Å². The Hall–Kier alpha value is -4.47.